The van der Waals surface area contributed by atoms with Gasteiger partial charge in [-0.1, -0.05) is 0 Å². The first-order valence-electron chi connectivity index (χ1n) is 7.52. The van der Waals surface area contributed by atoms with E-state index in [4.69, 9.17) is 21.2 Å². The average molecular weight is 353 g/mol. The molecule has 0 spiro atoms. The molecule has 7 heteroatoms. The second-order valence-corrected chi connectivity index (χ2v) is 7.76. The van der Waals surface area contributed by atoms with Crippen molar-refractivity contribution in [2.75, 3.05) is 0 Å². The van der Waals surface area contributed by atoms with Crippen LogP contribution in [0.2, 0.25) is 5.28 Å². The van der Waals surface area contributed by atoms with Crippen molar-refractivity contribution in [3.05, 3.63) is 39.4 Å². The number of esters is 1. The molecule has 0 amide bonds. The number of fused-ring (bicyclic) bond motifs is 1. The van der Waals surface area contributed by atoms with Crippen LogP contribution < -0.4 is 10.4 Å². The number of carbonyl (C=O) groups excluding carboxylic acids is 1. The minimum absolute atomic E-state index is 0.108. The van der Waals surface area contributed by atoms with Crippen LogP contribution in [-0.4, -0.2) is 26.9 Å². The molecule has 1 heterocycles. The summed E-state index contributed by atoms with van der Waals surface area (Å²) in [7, 11) is 0. The van der Waals surface area contributed by atoms with E-state index in [2.05, 4.69) is 4.98 Å². The smallest absolute Gasteiger partial charge is 0.338 e. The van der Waals surface area contributed by atoms with Gasteiger partial charge >= 0.3 is 5.97 Å². The minimum Gasteiger partial charge on any atom is -0.456 e. The van der Waals surface area contributed by atoms with Gasteiger partial charge in [-0.15, -0.1) is 4.73 Å². The third kappa shape index (κ3) is 4.26. The second-order valence-electron chi connectivity index (χ2n) is 7.42. The predicted molar refractivity (Wildman–Crippen MR) is 92.5 cm³/mol. The van der Waals surface area contributed by atoms with Crippen molar-refractivity contribution in [1.29, 1.82) is 0 Å². The minimum atomic E-state index is -0.612. The van der Waals surface area contributed by atoms with Crippen LogP contribution in [0.1, 0.15) is 51.9 Å². The Morgan fingerprint density at radius 3 is 2.29 bits per heavy atom. The number of nitrogens with zero attached hydrogens (tertiary/aromatic N) is 2. The lowest BCUT2D eigenvalue weighted by atomic mass is 10.1. The summed E-state index contributed by atoms with van der Waals surface area (Å²) in [6.45, 7) is 10.7. The summed E-state index contributed by atoms with van der Waals surface area (Å²) in [5.41, 5.74) is -1.05. The Labute approximate surface area is 145 Å². The highest BCUT2D eigenvalue weighted by Gasteiger charge is 2.21. The van der Waals surface area contributed by atoms with Crippen LogP contribution in [0.3, 0.4) is 0 Å². The van der Waals surface area contributed by atoms with Crippen LogP contribution in [0.5, 0.6) is 0 Å². The number of carbonyl (C=O) groups is 1. The van der Waals surface area contributed by atoms with Gasteiger partial charge in [0.1, 0.15) is 11.2 Å². The van der Waals surface area contributed by atoms with Crippen molar-refractivity contribution < 1.29 is 14.4 Å². The molecule has 24 heavy (non-hydrogen) atoms. The van der Waals surface area contributed by atoms with Gasteiger partial charge in [-0.25, -0.2) is 9.78 Å². The molecule has 6 nitrogen and oxygen atoms in total. The highest BCUT2D eigenvalue weighted by Crippen LogP contribution is 2.17. The highest BCUT2D eigenvalue weighted by molar-refractivity contribution is 6.28. The van der Waals surface area contributed by atoms with Gasteiger partial charge in [-0.2, -0.15) is 0 Å². The predicted octanol–water partition coefficient (Wildman–Crippen LogP) is 3.23. The maximum Gasteiger partial charge on any atom is 0.338 e. The van der Waals surface area contributed by atoms with Crippen molar-refractivity contribution in [3.63, 3.8) is 0 Å². The number of halogens is 1. The van der Waals surface area contributed by atoms with E-state index in [0.717, 1.165) is 4.73 Å². The first-order chi connectivity index (χ1) is 10.9. The van der Waals surface area contributed by atoms with Gasteiger partial charge in [-0.05, 0) is 71.3 Å². The van der Waals surface area contributed by atoms with Gasteiger partial charge in [0.25, 0.3) is 5.56 Å². The normalized spacial score (nSPS) is 12.3. The van der Waals surface area contributed by atoms with Crippen molar-refractivity contribution in [3.8, 4) is 0 Å². The Morgan fingerprint density at radius 1 is 1.12 bits per heavy atom. The van der Waals surface area contributed by atoms with E-state index < -0.39 is 22.7 Å². The first-order valence-corrected chi connectivity index (χ1v) is 7.90. The van der Waals surface area contributed by atoms with Crippen molar-refractivity contribution in [2.45, 2.75) is 52.7 Å². The van der Waals surface area contributed by atoms with Gasteiger partial charge in [0.05, 0.1) is 16.5 Å². The zero-order chi connectivity index (χ0) is 18.3. The molecule has 0 aliphatic carbocycles. The molecular formula is C17H21ClN2O4. The maximum atomic E-state index is 12.5. The maximum absolute atomic E-state index is 12.5. The highest BCUT2D eigenvalue weighted by atomic mass is 35.5. The molecular weight excluding hydrogens is 332 g/mol. The molecule has 1 aromatic carbocycles. The Morgan fingerprint density at radius 2 is 1.75 bits per heavy atom. The van der Waals surface area contributed by atoms with Gasteiger partial charge in [0, 0.05) is 0 Å². The van der Waals surface area contributed by atoms with Crippen molar-refractivity contribution in [2.24, 2.45) is 0 Å². The van der Waals surface area contributed by atoms with Gasteiger partial charge in [0.15, 0.2) is 0 Å². The summed E-state index contributed by atoms with van der Waals surface area (Å²) in [6.07, 6.45) is 0. The number of rotatable bonds is 2. The van der Waals surface area contributed by atoms with Crippen LogP contribution >= 0.6 is 11.6 Å². The zero-order valence-corrected chi connectivity index (χ0v) is 15.4. The zero-order valence-electron chi connectivity index (χ0n) is 14.6. The van der Waals surface area contributed by atoms with E-state index in [1.54, 1.807) is 41.5 Å². The number of hydrogen-bond donors (Lipinski definition) is 0. The summed E-state index contributed by atoms with van der Waals surface area (Å²) >= 11 is 6.06. The lowest BCUT2D eigenvalue weighted by Gasteiger charge is -2.22. The first kappa shape index (κ1) is 18.3. The van der Waals surface area contributed by atoms with Gasteiger partial charge < -0.3 is 9.57 Å². The SMILES string of the molecule is CC(C)(C)OC(=O)c1ccc2c(=O)n(OC(C)(C)C)c(Cl)nc2c1. The fraction of sp³-hybridized carbons (Fsp3) is 0.471. The molecule has 2 aromatic rings. The average Bonchev–Trinajstić information content (AvgIpc) is 2.40. The Bertz CT molecular complexity index is 845. The van der Waals surface area contributed by atoms with Gasteiger partial charge in [-0.3, -0.25) is 4.79 Å². The summed E-state index contributed by atoms with van der Waals surface area (Å²) in [4.78, 5) is 34.4. The van der Waals surface area contributed by atoms with Crippen LogP contribution in [0.15, 0.2) is 23.0 Å². The summed E-state index contributed by atoms with van der Waals surface area (Å²) in [5.74, 6) is -0.488. The summed E-state index contributed by atoms with van der Waals surface area (Å²) in [5, 5.41) is 0.194. The van der Waals surface area contributed by atoms with Crippen LogP contribution in [-0.2, 0) is 4.74 Å². The van der Waals surface area contributed by atoms with Crippen LogP contribution in [0.4, 0.5) is 0 Å². The molecule has 0 bridgehead atoms. The van der Waals surface area contributed by atoms with Gasteiger partial charge in [0.2, 0.25) is 5.28 Å². The largest absolute Gasteiger partial charge is 0.456 e. The molecule has 0 unspecified atom stereocenters. The Hall–Kier alpha value is -2.08. The van der Waals surface area contributed by atoms with Crippen LogP contribution in [0, 0.1) is 0 Å². The summed E-state index contributed by atoms with van der Waals surface area (Å²) in [6, 6.07) is 4.52. The molecule has 0 N–H and O–H groups in total. The molecule has 0 aliphatic rings. The molecule has 0 aliphatic heterocycles. The van der Waals surface area contributed by atoms with E-state index in [9.17, 15) is 9.59 Å². The molecule has 0 fully saturated rings. The van der Waals surface area contributed by atoms with E-state index in [1.807, 2.05) is 0 Å². The lowest BCUT2D eigenvalue weighted by Crippen LogP contribution is -2.38. The van der Waals surface area contributed by atoms with E-state index in [-0.39, 0.29) is 5.28 Å². The number of hydrogen-bond acceptors (Lipinski definition) is 5. The number of benzene rings is 1. The van der Waals surface area contributed by atoms with Crippen molar-refractivity contribution >= 4 is 28.5 Å². The fourth-order valence-corrected chi connectivity index (χ4v) is 2.16. The topological polar surface area (TPSA) is 70.4 Å². The number of aromatic nitrogens is 2. The van der Waals surface area contributed by atoms with Crippen molar-refractivity contribution in [1.82, 2.24) is 9.71 Å². The molecule has 0 atom stereocenters. The fourth-order valence-electron chi connectivity index (χ4n) is 1.96. The molecule has 0 saturated carbocycles. The quantitative estimate of drug-likeness (QED) is 0.613. The van der Waals surface area contributed by atoms with E-state index in [1.165, 1.54) is 18.2 Å². The third-order valence-electron chi connectivity index (χ3n) is 2.79. The monoisotopic (exact) mass is 352 g/mol. The number of ether oxygens (including phenoxy) is 1. The Kier molecular flexibility index (Phi) is 4.63. The lowest BCUT2D eigenvalue weighted by molar-refractivity contribution is -0.0207. The molecule has 130 valence electrons. The standard InChI is InChI=1S/C17H21ClN2O4/c1-16(2,3)23-14(22)10-7-8-11-12(9-10)19-15(18)20(13(11)21)24-17(4,5)6/h7-9H,1-6H3. The molecule has 1 aromatic heterocycles. The second kappa shape index (κ2) is 6.09. The molecule has 2 rings (SSSR count). The third-order valence-corrected chi connectivity index (χ3v) is 3.03. The molecule has 0 radical (unpaired) electrons. The summed E-state index contributed by atoms with van der Waals surface area (Å²) < 4.78 is 6.27. The van der Waals surface area contributed by atoms with Crippen LogP contribution in [0.25, 0.3) is 10.9 Å². The Balaban J connectivity index is 2.51. The van der Waals surface area contributed by atoms with E-state index in [0.29, 0.717) is 16.5 Å². The van der Waals surface area contributed by atoms with E-state index >= 15 is 0 Å². The molecule has 0 saturated heterocycles.